The first-order chi connectivity index (χ1) is 11.2. The molecular formula is C17H15N3O3. The molecule has 1 aromatic heterocycles. The largest absolute Gasteiger partial charge is 0.492 e. The molecule has 1 atom stereocenters. The van der Waals surface area contributed by atoms with Gasteiger partial charge in [-0.15, -0.1) is 0 Å². The van der Waals surface area contributed by atoms with Gasteiger partial charge in [-0.05, 0) is 36.2 Å². The molecule has 2 aromatic carbocycles. The van der Waals surface area contributed by atoms with Crippen LogP contribution in [0.15, 0.2) is 47.3 Å². The van der Waals surface area contributed by atoms with Crippen LogP contribution in [-0.4, -0.2) is 22.5 Å². The van der Waals surface area contributed by atoms with Gasteiger partial charge in [-0.25, -0.2) is 4.79 Å². The summed E-state index contributed by atoms with van der Waals surface area (Å²) in [5, 5.41) is 2.89. The number of aromatic amines is 2. The number of nitrogens with one attached hydrogen (secondary N) is 3. The van der Waals surface area contributed by atoms with Gasteiger partial charge in [-0.1, -0.05) is 18.2 Å². The van der Waals surface area contributed by atoms with Gasteiger partial charge in [-0.2, -0.15) is 0 Å². The van der Waals surface area contributed by atoms with Crippen LogP contribution in [0.4, 0.5) is 5.69 Å². The zero-order chi connectivity index (χ0) is 15.8. The van der Waals surface area contributed by atoms with Crippen LogP contribution in [-0.2, 0) is 11.2 Å². The number of fused-ring (bicyclic) bond motifs is 2. The molecule has 116 valence electrons. The van der Waals surface area contributed by atoms with E-state index in [-0.39, 0.29) is 17.5 Å². The number of hydrogen-bond donors (Lipinski definition) is 3. The first-order valence-electron chi connectivity index (χ1n) is 7.43. The summed E-state index contributed by atoms with van der Waals surface area (Å²) in [6, 6.07) is 13.0. The molecule has 4 rings (SSSR count). The topological polar surface area (TPSA) is 87.0 Å². The van der Waals surface area contributed by atoms with Crippen molar-refractivity contribution in [2.24, 2.45) is 5.92 Å². The minimum absolute atomic E-state index is 0.0864. The van der Waals surface area contributed by atoms with Crippen molar-refractivity contribution in [2.45, 2.75) is 6.42 Å². The smallest absolute Gasteiger partial charge is 0.323 e. The summed E-state index contributed by atoms with van der Waals surface area (Å²) in [4.78, 5) is 29.1. The van der Waals surface area contributed by atoms with Crippen molar-refractivity contribution >= 4 is 22.6 Å². The molecule has 0 aliphatic carbocycles. The molecule has 0 radical (unpaired) electrons. The molecule has 23 heavy (non-hydrogen) atoms. The summed E-state index contributed by atoms with van der Waals surface area (Å²) in [5.41, 5.74) is 2.81. The van der Waals surface area contributed by atoms with E-state index in [9.17, 15) is 9.59 Å². The minimum Gasteiger partial charge on any atom is -0.492 e. The third kappa shape index (κ3) is 2.59. The maximum Gasteiger partial charge on any atom is 0.323 e. The summed E-state index contributed by atoms with van der Waals surface area (Å²) >= 11 is 0. The van der Waals surface area contributed by atoms with Gasteiger partial charge in [0.15, 0.2) is 0 Å². The second-order valence-electron chi connectivity index (χ2n) is 5.65. The highest BCUT2D eigenvalue weighted by Crippen LogP contribution is 2.27. The minimum atomic E-state index is -0.263. The lowest BCUT2D eigenvalue weighted by Crippen LogP contribution is -2.32. The normalized spacial score (nSPS) is 16.6. The van der Waals surface area contributed by atoms with E-state index in [1.165, 1.54) is 0 Å². The van der Waals surface area contributed by atoms with Crippen molar-refractivity contribution < 1.29 is 9.53 Å². The van der Waals surface area contributed by atoms with Gasteiger partial charge < -0.3 is 20.0 Å². The molecule has 3 aromatic rings. The Balaban J connectivity index is 1.52. The predicted octanol–water partition coefficient (Wildman–Crippen LogP) is 2.05. The standard InChI is InChI=1S/C17H15N3O3/c21-16(11-7-10-3-1-2-4-15(10)23-9-11)18-12-5-6-13-14(8-12)20-17(22)19-13/h1-6,8,11H,7,9H2,(H,18,21)(H2,19,20,22). The molecule has 0 saturated heterocycles. The molecule has 0 fully saturated rings. The Bertz CT molecular complexity index is 941. The van der Waals surface area contributed by atoms with E-state index in [0.717, 1.165) is 11.3 Å². The SMILES string of the molecule is O=C(Nc1ccc2[nH]c(=O)[nH]c2c1)C1COc2ccccc2C1. The quantitative estimate of drug-likeness (QED) is 0.677. The summed E-state index contributed by atoms with van der Waals surface area (Å²) in [6.45, 7) is 0.367. The molecule has 1 unspecified atom stereocenters. The number of carbonyl (C=O) groups excluding carboxylic acids is 1. The molecule has 2 heterocycles. The number of carbonyl (C=O) groups is 1. The number of hydrogen-bond acceptors (Lipinski definition) is 3. The highest BCUT2D eigenvalue weighted by atomic mass is 16.5. The van der Waals surface area contributed by atoms with Crippen LogP contribution in [0.5, 0.6) is 5.75 Å². The van der Waals surface area contributed by atoms with Gasteiger partial charge in [0, 0.05) is 5.69 Å². The van der Waals surface area contributed by atoms with E-state index < -0.39 is 0 Å². The third-order valence-corrected chi connectivity index (χ3v) is 4.03. The van der Waals surface area contributed by atoms with Crippen LogP contribution >= 0.6 is 0 Å². The second-order valence-corrected chi connectivity index (χ2v) is 5.65. The molecular weight excluding hydrogens is 294 g/mol. The molecule has 6 nitrogen and oxygen atoms in total. The fourth-order valence-corrected chi connectivity index (χ4v) is 2.85. The molecule has 0 bridgehead atoms. The Morgan fingerprint density at radius 1 is 1.13 bits per heavy atom. The highest BCUT2D eigenvalue weighted by molar-refractivity contribution is 5.94. The molecule has 3 N–H and O–H groups in total. The maximum absolute atomic E-state index is 12.4. The van der Waals surface area contributed by atoms with E-state index in [1.54, 1.807) is 18.2 Å². The van der Waals surface area contributed by atoms with Gasteiger partial charge in [0.05, 0.1) is 17.0 Å². The van der Waals surface area contributed by atoms with Crippen LogP contribution < -0.4 is 15.7 Å². The van der Waals surface area contributed by atoms with Gasteiger partial charge in [-0.3, -0.25) is 4.79 Å². The van der Waals surface area contributed by atoms with E-state index in [1.807, 2.05) is 24.3 Å². The highest BCUT2D eigenvalue weighted by Gasteiger charge is 2.25. The molecule has 1 aliphatic rings. The molecule has 0 saturated carbocycles. The number of imidazole rings is 1. The number of rotatable bonds is 2. The summed E-state index contributed by atoms with van der Waals surface area (Å²) < 4.78 is 5.66. The summed E-state index contributed by atoms with van der Waals surface area (Å²) in [7, 11) is 0. The molecule has 1 amide bonds. The number of benzene rings is 2. The Kier molecular flexibility index (Phi) is 3.15. The Labute approximate surface area is 131 Å². The van der Waals surface area contributed by atoms with Crippen LogP contribution in [0.25, 0.3) is 11.0 Å². The molecule has 6 heteroatoms. The zero-order valence-electron chi connectivity index (χ0n) is 12.3. The number of anilines is 1. The second kappa shape index (κ2) is 5.31. The lowest BCUT2D eigenvalue weighted by molar-refractivity contribution is -0.121. The molecule has 1 aliphatic heterocycles. The average Bonchev–Trinajstić information content (AvgIpc) is 2.93. The van der Waals surface area contributed by atoms with Crippen molar-refractivity contribution in [2.75, 3.05) is 11.9 Å². The number of para-hydroxylation sites is 1. The fraction of sp³-hybridized carbons (Fsp3) is 0.176. The van der Waals surface area contributed by atoms with Crippen molar-refractivity contribution in [1.82, 2.24) is 9.97 Å². The summed E-state index contributed by atoms with van der Waals surface area (Å²) in [5.74, 6) is 0.533. The first-order valence-corrected chi connectivity index (χ1v) is 7.43. The predicted molar refractivity (Wildman–Crippen MR) is 86.7 cm³/mol. The van der Waals surface area contributed by atoms with Crippen molar-refractivity contribution in [1.29, 1.82) is 0 Å². The van der Waals surface area contributed by atoms with Crippen LogP contribution in [0.3, 0.4) is 0 Å². The lowest BCUT2D eigenvalue weighted by Gasteiger charge is -2.24. The van der Waals surface area contributed by atoms with E-state index >= 15 is 0 Å². The number of ether oxygens (including phenoxy) is 1. The van der Waals surface area contributed by atoms with E-state index in [0.29, 0.717) is 29.7 Å². The van der Waals surface area contributed by atoms with Crippen molar-refractivity contribution in [3.05, 3.63) is 58.5 Å². The average molecular weight is 309 g/mol. The van der Waals surface area contributed by atoms with E-state index in [2.05, 4.69) is 15.3 Å². The Morgan fingerprint density at radius 3 is 2.87 bits per heavy atom. The van der Waals surface area contributed by atoms with Gasteiger partial charge in [0.25, 0.3) is 0 Å². The Hall–Kier alpha value is -3.02. The van der Waals surface area contributed by atoms with Crippen LogP contribution in [0.1, 0.15) is 5.56 Å². The number of aromatic nitrogens is 2. The number of amides is 1. The van der Waals surface area contributed by atoms with Crippen LogP contribution in [0.2, 0.25) is 0 Å². The lowest BCUT2D eigenvalue weighted by atomic mass is 9.96. The third-order valence-electron chi connectivity index (χ3n) is 4.03. The monoisotopic (exact) mass is 309 g/mol. The van der Waals surface area contributed by atoms with E-state index in [4.69, 9.17) is 4.74 Å². The van der Waals surface area contributed by atoms with Gasteiger partial charge in [0.1, 0.15) is 12.4 Å². The molecule has 0 spiro atoms. The van der Waals surface area contributed by atoms with Crippen molar-refractivity contribution in [3.63, 3.8) is 0 Å². The first kappa shape index (κ1) is 13.6. The van der Waals surface area contributed by atoms with Gasteiger partial charge in [0.2, 0.25) is 5.91 Å². The number of H-pyrrole nitrogens is 2. The summed E-state index contributed by atoms with van der Waals surface area (Å²) in [6.07, 6.45) is 0.658. The maximum atomic E-state index is 12.4. The fourth-order valence-electron chi connectivity index (χ4n) is 2.85. The zero-order valence-corrected chi connectivity index (χ0v) is 12.3. The Morgan fingerprint density at radius 2 is 1.96 bits per heavy atom. The van der Waals surface area contributed by atoms with Crippen molar-refractivity contribution in [3.8, 4) is 5.75 Å². The van der Waals surface area contributed by atoms with Gasteiger partial charge >= 0.3 is 5.69 Å². The van der Waals surface area contributed by atoms with Crippen LogP contribution in [0, 0.1) is 5.92 Å².